The highest BCUT2D eigenvalue weighted by atomic mass is 32.1. The minimum absolute atomic E-state index is 0.0462. The second kappa shape index (κ2) is 8.56. The molecule has 27 heavy (non-hydrogen) atoms. The number of primary amides is 1. The number of anilines is 1. The quantitative estimate of drug-likeness (QED) is 0.566. The number of benzene rings is 1. The zero-order chi connectivity index (χ0) is 19.2. The third-order valence-corrected chi connectivity index (χ3v) is 5.43. The Morgan fingerprint density at radius 3 is 2.59 bits per heavy atom. The summed E-state index contributed by atoms with van der Waals surface area (Å²) in [6, 6.07) is 10.5. The van der Waals surface area contributed by atoms with Gasteiger partial charge < -0.3 is 16.4 Å². The van der Waals surface area contributed by atoms with Gasteiger partial charge in [0.2, 0.25) is 5.91 Å². The smallest absolute Gasteiger partial charge is 0.275 e. The lowest BCUT2D eigenvalue weighted by molar-refractivity contribution is -0.117. The van der Waals surface area contributed by atoms with Gasteiger partial charge in [-0.25, -0.2) is 4.98 Å². The Bertz CT molecular complexity index is 967. The van der Waals surface area contributed by atoms with Crippen molar-refractivity contribution in [3.05, 3.63) is 58.4 Å². The molecule has 0 aliphatic heterocycles. The number of thiophene rings is 1. The first-order chi connectivity index (χ1) is 13.0. The van der Waals surface area contributed by atoms with E-state index in [9.17, 15) is 14.4 Å². The van der Waals surface area contributed by atoms with E-state index in [1.165, 1.54) is 11.3 Å². The molecule has 0 radical (unpaired) electrons. The van der Waals surface area contributed by atoms with Crippen LogP contribution in [0, 0.1) is 0 Å². The zero-order valence-electron chi connectivity index (χ0n) is 14.1. The molecular weight excluding hydrogens is 384 g/mol. The molecular formula is C18H16N4O3S2. The van der Waals surface area contributed by atoms with Gasteiger partial charge in [-0.05, 0) is 23.6 Å². The van der Waals surface area contributed by atoms with E-state index < -0.39 is 17.7 Å². The molecule has 3 rings (SSSR count). The van der Waals surface area contributed by atoms with Gasteiger partial charge in [0, 0.05) is 18.3 Å². The van der Waals surface area contributed by atoms with Gasteiger partial charge in [0.1, 0.15) is 10.7 Å². The van der Waals surface area contributed by atoms with Gasteiger partial charge in [0.25, 0.3) is 11.8 Å². The fraction of sp³-hybridized carbons (Fsp3) is 0.111. The van der Waals surface area contributed by atoms with Crippen molar-refractivity contribution in [1.82, 2.24) is 10.3 Å². The summed E-state index contributed by atoms with van der Waals surface area (Å²) >= 11 is 2.94. The van der Waals surface area contributed by atoms with Crippen molar-refractivity contribution in [2.75, 3.05) is 11.9 Å². The van der Waals surface area contributed by atoms with E-state index >= 15 is 0 Å². The number of hydrogen-bond donors (Lipinski definition) is 3. The predicted molar refractivity (Wildman–Crippen MR) is 106 cm³/mol. The van der Waals surface area contributed by atoms with Gasteiger partial charge in [-0.3, -0.25) is 14.4 Å². The Hall–Kier alpha value is -3.04. The number of amides is 3. The number of para-hydroxylation sites is 1. The maximum Gasteiger partial charge on any atom is 0.275 e. The Morgan fingerprint density at radius 1 is 1.04 bits per heavy atom. The summed E-state index contributed by atoms with van der Waals surface area (Å²) < 4.78 is 0. The van der Waals surface area contributed by atoms with Crippen LogP contribution in [0.25, 0.3) is 9.88 Å². The molecule has 0 spiro atoms. The third kappa shape index (κ3) is 4.78. The van der Waals surface area contributed by atoms with Gasteiger partial charge in [-0.15, -0.1) is 22.7 Å². The minimum Gasteiger partial charge on any atom is -0.370 e. The van der Waals surface area contributed by atoms with Crippen molar-refractivity contribution in [2.45, 2.75) is 6.42 Å². The van der Waals surface area contributed by atoms with Crippen molar-refractivity contribution in [2.24, 2.45) is 5.73 Å². The van der Waals surface area contributed by atoms with E-state index in [4.69, 9.17) is 5.73 Å². The molecule has 0 atom stereocenters. The number of hydrogen-bond acceptors (Lipinski definition) is 6. The van der Waals surface area contributed by atoms with Crippen LogP contribution in [0.3, 0.4) is 0 Å². The molecule has 3 amide bonds. The van der Waals surface area contributed by atoms with Gasteiger partial charge in [0.15, 0.2) is 0 Å². The van der Waals surface area contributed by atoms with E-state index in [0.29, 0.717) is 11.3 Å². The number of nitrogens with zero attached hydrogens (tertiary/aromatic N) is 1. The Balaban J connectivity index is 1.71. The van der Waals surface area contributed by atoms with Crippen LogP contribution >= 0.6 is 22.7 Å². The topological polar surface area (TPSA) is 114 Å². The van der Waals surface area contributed by atoms with Crippen molar-refractivity contribution in [1.29, 1.82) is 0 Å². The van der Waals surface area contributed by atoms with E-state index in [2.05, 4.69) is 15.6 Å². The molecule has 3 aromatic rings. The number of thiazole rings is 1. The summed E-state index contributed by atoms with van der Waals surface area (Å²) in [6.07, 6.45) is 0.0462. The van der Waals surface area contributed by atoms with Crippen LogP contribution in [0.5, 0.6) is 0 Å². The summed E-state index contributed by atoms with van der Waals surface area (Å²) in [5.41, 5.74) is 6.01. The van der Waals surface area contributed by atoms with Crippen molar-refractivity contribution in [3.63, 3.8) is 0 Å². The van der Waals surface area contributed by atoms with Crippen LogP contribution < -0.4 is 16.4 Å². The van der Waals surface area contributed by atoms with E-state index in [1.54, 1.807) is 41.0 Å². The minimum atomic E-state index is -0.498. The molecule has 2 heterocycles. The highest BCUT2D eigenvalue weighted by Crippen LogP contribution is 2.28. The number of rotatable bonds is 7. The fourth-order valence-electron chi connectivity index (χ4n) is 2.26. The molecule has 0 aliphatic carbocycles. The molecule has 9 heteroatoms. The Labute approximate surface area is 163 Å². The molecule has 2 aromatic heterocycles. The zero-order valence-corrected chi connectivity index (χ0v) is 15.7. The fourth-order valence-corrected chi connectivity index (χ4v) is 3.88. The number of nitrogens with two attached hydrogens (primary N) is 1. The molecule has 0 bridgehead atoms. The SMILES string of the molecule is NC(=O)CCNC(=O)c1ccccc1NC(=O)c1csc(-c2cccs2)n1. The maximum atomic E-state index is 12.5. The second-order valence-corrected chi connectivity index (χ2v) is 7.29. The standard InChI is InChI=1S/C18H16N4O3S2/c19-15(23)7-8-20-16(24)11-4-1-2-5-12(11)21-17(25)13-10-27-18(22-13)14-6-3-9-26-14/h1-6,9-10H,7-8H2,(H2,19,23)(H,20,24)(H,21,25). The first-order valence-electron chi connectivity index (χ1n) is 8.01. The summed E-state index contributed by atoms with van der Waals surface area (Å²) in [5, 5.41) is 9.72. The maximum absolute atomic E-state index is 12.5. The van der Waals surface area contributed by atoms with Crippen LogP contribution in [0.1, 0.15) is 27.3 Å². The van der Waals surface area contributed by atoms with Crippen LogP contribution in [0.15, 0.2) is 47.2 Å². The summed E-state index contributed by atoms with van der Waals surface area (Å²) in [6.45, 7) is 0.132. The van der Waals surface area contributed by atoms with Crippen molar-refractivity contribution < 1.29 is 14.4 Å². The molecule has 4 N–H and O–H groups in total. The average molecular weight is 400 g/mol. The normalized spacial score (nSPS) is 10.4. The lowest BCUT2D eigenvalue weighted by Gasteiger charge is -2.10. The summed E-state index contributed by atoms with van der Waals surface area (Å²) in [7, 11) is 0. The van der Waals surface area contributed by atoms with Gasteiger partial charge in [-0.2, -0.15) is 0 Å². The number of carbonyl (C=O) groups excluding carboxylic acids is 3. The molecule has 0 saturated heterocycles. The predicted octanol–water partition coefficient (Wildman–Crippen LogP) is 2.73. The van der Waals surface area contributed by atoms with E-state index in [1.807, 2.05) is 17.5 Å². The molecule has 7 nitrogen and oxygen atoms in total. The van der Waals surface area contributed by atoms with Crippen LogP contribution in [-0.4, -0.2) is 29.3 Å². The number of aromatic nitrogens is 1. The van der Waals surface area contributed by atoms with Crippen molar-refractivity contribution >= 4 is 46.1 Å². The lowest BCUT2D eigenvalue weighted by Crippen LogP contribution is -2.28. The van der Waals surface area contributed by atoms with Crippen molar-refractivity contribution in [3.8, 4) is 9.88 Å². The third-order valence-electron chi connectivity index (χ3n) is 3.55. The molecule has 0 saturated carbocycles. The second-order valence-electron chi connectivity index (χ2n) is 5.49. The molecule has 138 valence electrons. The number of nitrogens with one attached hydrogen (secondary N) is 2. The van der Waals surface area contributed by atoms with E-state index in [0.717, 1.165) is 9.88 Å². The Kier molecular flexibility index (Phi) is 5.94. The number of carbonyl (C=O) groups is 3. The highest BCUT2D eigenvalue weighted by molar-refractivity contribution is 7.20. The van der Waals surface area contributed by atoms with Gasteiger partial charge in [0.05, 0.1) is 16.1 Å². The van der Waals surface area contributed by atoms with Crippen LogP contribution in [-0.2, 0) is 4.79 Å². The molecule has 0 aliphatic rings. The summed E-state index contributed by atoms with van der Waals surface area (Å²) in [4.78, 5) is 41.0. The van der Waals surface area contributed by atoms with Crippen LogP contribution in [0.4, 0.5) is 5.69 Å². The molecule has 1 aromatic carbocycles. The average Bonchev–Trinajstić information content (AvgIpc) is 3.33. The van der Waals surface area contributed by atoms with Gasteiger partial charge in [-0.1, -0.05) is 18.2 Å². The Morgan fingerprint density at radius 2 is 1.85 bits per heavy atom. The highest BCUT2D eigenvalue weighted by Gasteiger charge is 2.16. The van der Waals surface area contributed by atoms with Crippen LogP contribution in [0.2, 0.25) is 0 Å². The summed E-state index contributed by atoms with van der Waals surface area (Å²) in [5.74, 6) is -1.29. The molecule has 0 unspecified atom stereocenters. The van der Waals surface area contributed by atoms with Gasteiger partial charge >= 0.3 is 0 Å². The van der Waals surface area contributed by atoms with E-state index in [-0.39, 0.29) is 18.7 Å². The largest absolute Gasteiger partial charge is 0.370 e. The monoisotopic (exact) mass is 400 g/mol. The first kappa shape index (κ1) is 18.7. The first-order valence-corrected chi connectivity index (χ1v) is 9.77. The lowest BCUT2D eigenvalue weighted by atomic mass is 10.1. The molecule has 0 fully saturated rings.